The quantitative estimate of drug-likeness (QED) is 0.607. The third kappa shape index (κ3) is 4.38. The largest absolute Gasteiger partial charge is 0.370 e. The number of rotatable bonds is 5. The molecule has 0 radical (unpaired) electrons. The van der Waals surface area contributed by atoms with E-state index in [-0.39, 0.29) is 18.4 Å². The van der Waals surface area contributed by atoms with E-state index in [9.17, 15) is 9.59 Å². The fraction of sp³-hybridized carbons (Fsp3) is 0.273. The second kappa shape index (κ2) is 8.84. The van der Waals surface area contributed by atoms with Crippen LogP contribution in [-0.2, 0) is 4.79 Å². The van der Waals surface area contributed by atoms with Crippen LogP contribution in [0.2, 0.25) is 5.02 Å². The lowest BCUT2D eigenvalue weighted by Gasteiger charge is -2.30. The van der Waals surface area contributed by atoms with E-state index in [4.69, 9.17) is 11.6 Å². The van der Waals surface area contributed by atoms with Gasteiger partial charge >= 0.3 is 0 Å². The predicted octanol–water partition coefficient (Wildman–Crippen LogP) is 4.91. The zero-order chi connectivity index (χ0) is 20.2. The Hall–Kier alpha value is -2.57. The minimum atomic E-state index is -0.337. The highest BCUT2D eigenvalue weighted by Crippen LogP contribution is 2.35. The monoisotopic (exact) mass is 427 g/mol. The molecule has 2 amide bonds. The van der Waals surface area contributed by atoms with Crippen LogP contribution in [0.3, 0.4) is 0 Å². The fourth-order valence-electron chi connectivity index (χ4n) is 3.59. The molecule has 1 aliphatic rings. The molecule has 150 valence electrons. The SMILES string of the molecule is O=C(CNC(=O)c1sc2ccccc2c1Cl)Nc1ccccc1N1CCCCC1. The Bertz CT molecular complexity index is 1040. The number of thiophene rings is 1. The van der Waals surface area contributed by atoms with Crippen LogP contribution >= 0.6 is 22.9 Å². The Balaban J connectivity index is 1.40. The molecule has 1 aromatic heterocycles. The first-order chi connectivity index (χ1) is 14.1. The van der Waals surface area contributed by atoms with Crippen LogP contribution in [0.25, 0.3) is 10.1 Å². The summed E-state index contributed by atoms with van der Waals surface area (Å²) in [7, 11) is 0. The summed E-state index contributed by atoms with van der Waals surface area (Å²) < 4.78 is 0.947. The Kier molecular flexibility index (Phi) is 6.02. The van der Waals surface area contributed by atoms with E-state index in [0.717, 1.165) is 47.4 Å². The molecule has 0 atom stereocenters. The number of para-hydroxylation sites is 2. The molecule has 1 fully saturated rings. The summed E-state index contributed by atoms with van der Waals surface area (Å²) >= 11 is 7.67. The number of benzene rings is 2. The number of hydrogen-bond donors (Lipinski definition) is 2. The molecule has 0 saturated carbocycles. The number of carbonyl (C=O) groups excluding carboxylic acids is 2. The summed E-state index contributed by atoms with van der Waals surface area (Å²) in [5, 5.41) is 6.89. The summed E-state index contributed by atoms with van der Waals surface area (Å²) in [6.45, 7) is 1.87. The van der Waals surface area contributed by atoms with E-state index < -0.39 is 0 Å². The highest BCUT2D eigenvalue weighted by Gasteiger charge is 2.19. The van der Waals surface area contributed by atoms with Crippen LogP contribution in [0.1, 0.15) is 28.9 Å². The number of piperidine rings is 1. The van der Waals surface area contributed by atoms with Gasteiger partial charge in [0, 0.05) is 23.2 Å². The first kappa shape index (κ1) is 19.7. The molecule has 4 rings (SSSR count). The number of hydrogen-bond acceptors (Lipinski definition) is 4. The van der Waals surface area contributed by atoms with Crippen molar-refractivity contribution in [3.8, 4) is 0 Å². The lowest BCUT2D eigenvalue weighted by Crippen LogP contribution is -2.34. The summed E-state index contributed by atoms with van der Waals surface area (Å²) in [6.07, 6.45) is 3.57. The molecule has 0 bridgehead atoms. The molecule has 0 unspecified atom stereocenters. The van der Waals surface area contributed by atoms with Gasteiger partial charge in [0.25, 0.3) is 5.91 Å². The van der Waals surface area contributed by atoms with Crippen LogP contribution in [-0.4, -0.2) is 31.4 Å². The molecular weight excluding hydrogens is 406 g/mol. The third-order valence-corrected chi connectivity index (χ3v) is 6.70. The Morgan fingerprint density at radius 1 is 1.00 bits per heavy atom. The van der Waals surface area contributed by atoms with Gasteiger partial charge in [0.1, 0.15) is 4.88 Å². The number of carbonyl (C=O) groups is 2. The van der Waals surface area contributed by atoms with E-state index in [2.05, 4.69) is 15.5 Å². The second-order valence-electron chi connectivity index (χ2n) is 7.04. The molecule has 29 heavy (non-hydrogen) atoms. The van der Waals surface area contributed by atoms with Gasteiger partial charge < -0.3 is 15.5 Å². The Morgan fingerprint density at radius 3 is 2.52 bits per heavy atom. The molecule has 2 heterocycles. The molecule has 5 nitrogen and oxygen atoms in total. The van der Waals surface area contributed by atoms with Gasteiger partial charge in [0.15, 0.2) is 0 Å². The molecule has 1 saturated heterocycles. The van der Waals surface area contributed by atoms with Crippen molar-refractivity contribution in [3.05, 3.63) is 58.4 Å². The molecule has 7 heteroatoms. The van der Waals surface area contributed by atoms with Gasteiger partial charge in [-0.15, -0.1) is 11.3 Å². The van der Waals surface area contributed by atoms with Crippen LogP contribution in [0, 0.1) is 0 Å². The summed E-state index contributed by atoms with van der Waals surface area (Å²) in [4.78, 5) is 27.7. The van der Waals surface area contributed by atoms with Crippen molar-refractivity contribution in [2.45, 2.75) is 19.3 Å². The number of nitrogens with one attached hydrogen (secondary N) is 2. The maximum atomic E-state index is 12.5. The van der Waals surface area contributed by atoms with Gasteiger partial charge in [0.2, 0.25) is 5.91 Å². The van der Waals surface area contributed by atoms with Crippen molar-refractivity contribution in [1.29, 1.82) is 0 Å². The van der Waals surface area contributed by atoms with Crippen molar-refractivity contribution >= 4 is 56.2 Å². The van der Waals surface area contributed by atoms with E-state index in [1.807, 2.05) is 48.5 Å². The van der Waals surface area contributed by atoms with Crippen molar-refractivity contribution in [1.82, 2.24) is 5.32 Å². The van der Waals surface area contributed by atoms with E-state index in [1.54, 1.807) is 0 Å². The van der Waals surface area contributed by atoms with Gasteiger partial charge in [-0.05, 0) is 37.5 Å². The normalized spacial score (nSPS) is 14.0. The molecule has 0 aliphatic carbocycles. The van der Waals surface area contributed by atoms with Crippen LogP contribution in [0.15, 0.2) is 48.5 Å². The lowest BCUT2D eigenvalue weighted by atomic mass is 10.1. The summed E-state index contributed by atoms with van der Waals surface area (Å²) in [5.41, 5.74) is 1.80. The van der Waals surface area contributed by atoms with Crippen molar-refractivity contribution in [2.75, 3.05) is 29.9 Å². The lowest BCUT2D eigenvalue weighted by molar-refractivity contribution is -0.115. The number of amides is 2. The average molecular weight is 428 g/mol. The molecule has 0 spiro atoms. The Morgan fingerprint density at radius 2 is 1.72 bits per heavy atom. The first-order valence-corrected chi connectivity index (χ1v) is 10.9. The number of anilines is 2. The third-order valence-electron chi connectivity index (χ3n) is 5.03. The van der Waals surface area contributed by atoms with E-state index in [1.165, 1.54) is 17.8 Å². The van der Waals surface area contributed by atoms with Gasteiger partial charge in [-0.2, -0.15) is 0 Å². The smallest absolute Gasteiger partial charge is 0.263 e. The van der Waals surface area contributed by atoms with E-state index in [0.29, 0.717) is 9.90 Å². The molecule has 2 N–H and O–H groups in total. The topological polar surface area (TPSA) is 61.4 Å². The van der Waals surface area contributed by atoms with E-state index >= 15 is 0 Å². The van der Waals surface area contributed by atoms with Crippen molar-refractivity contribution < 1.29 is 9.59 Å². The minimum absolute atomic E-state index is 0.113. The van der Waals surface area contributed by atoms with Gasteiger partial charge in [0.05, 0.1) is 22.9 Å². The summed E-state index contributed by atoms with van der Waals surface area (Å²) in [6, 6.07) is 15.4. The second-order valence-corrected chi connectivity index (χ2v) is 8.47. The molecule has 3 aromatic rings. The predicted molar refractivity (Wildman–Crippen MR) is 120 cm³/mol. The highest BCUT2D eigenvalue weighted by molar-refractivity contribution is 7.21. The number of nitrogens with zero attached hydrogens (tertiary/aromatic N) is 1. The van der Waals surface area contributed by atoms with Crippen molar-refractivity contribution in [3.63, 3.8) is 0 Å². The Labute approximate surface area is 178 Å². The molecule has 1 aliphatic heterocycles. The minimum Gasteiger partial charge on any atom is -0.370 e. The maximum Gasteiger partial charge on any atom is 0.263 e. The number of fused-ring (bicyclic) bond motifs is 1. The van der Waals surface area contributed by atoms with Crippen LogP contribution in [0.5, 0.6) is 0 Å². The molecular formula is C22H22ClN3O2S. The standard InChI is InChI=1S/C22H22ClN3O2S/c23-20-15-8-2-5-11-18(15)29-21(20)22(28)24-14-19(27)25-16-9-3-4-10-17(16)26-12-6-1-7-13-26/h2-5,8-11H,1,6-7,12-14H2,(H,24,28)(H,25,27). The fourth-order valence-corrected chi connectivity index (χ4v) is 5.02. The van der Waals surface area contributed by atoms with Crippen LogP contribution in [0.4, 0.5) is 11.4 Å². The summed E-state index contributed by atoms with van der Waals surface area (Å²) in [5.74, 6) is -0.601. The maximum absolute atomic E-state index is 12.5. The van der Waals surface area contributed by atoms with Crippen molar-refractivity contribution in [2.24, 2.45) is 0 Å². The van der Waals surface area contributed by atoms with Crippen LogP contribution < -0.4 is 15.5 Å². The van der Waals surface area contributed by atoms with Gasteiger partial charge in [-0.3, -0.25) is 9.59 Å². The number of halogens is 1. The molecule has 2 aromatic carbocycles. The van der Waals surface area contributed by atoms with Gasteiger partial charge in [-0.25, -0.2) is 0 Å². The highest BCUT2D eigenvalue weighted by atomic mass is 35.5. The first-order valence-electron chi connectivity index (χ1n) is 9.72. The van der Waals surface area contributed by atoms with Gasteiger partial charge in [-0.1, -0.05) is 41.9 Å². The zero-order valence-corrected chi connectivity index (χ0v) is 17.5. The average Bonchev–Trinajstić information content (AvgIpc) is 3.10. The zero-order valence-electron chi connectivity index (χ0n) is 15.9.